The highest BCUT2D eigenvalue weighted by atomic mass is 16.6. The third kappa shape index (κ3) is 6.53. The van der Waals surface area contributed by atoms with Gasteiger partial charge in [0.05, 0.1) is 0 Å². The van der Waals surface area contributed by atoms with Gasteiger partial charge >= 0.3 is 6.09 Å². The summed E-state index contributed by atoms with van der Waals surface area (Å²) < 4.78 is 6.39. The molecule has 0 bridgehead atoms. The number of carbonyl (C=O) groups excluding carboxylic acids is 1. The van der Waals surface area contributed by atoms with E-state index in [1.165, 1.54) is 56.4 Å². The zero-order chi connectivity index (χ0) is 33.1. The molecule has 5 heteroatoms. The maximum Gasteiger partial charge on any atom is 0.410 e. The molecule has 1 amide bonds. The standard InChI is InChI=1S/C40H69N2O3/c1-26(2)13-12-14-28(5)33-17-18-34-32-16-15-29-23-31(19-21-39(29,10)35(32)20-22-40(33,34)11)45-36(43)41(27(3)4)30-24-37(6,7)42(44)38(8,9)25-30/h15,26-28,30-35H,12-14,16-25H2,1-11H3/t28-,31?,32+,33-,34+,35+,39+,40-/m1/s1. The second kappa shape index (κ2) is 12.8. The Morgan fingerprint density at radius 2 is 1.58 bits per heavy atom. The fourth-order valence-corrected chi connectivity index (χ4v) is 12.1. The smallest absolute Gasteiger partial charge is 0.410 e. The van der Waals surface area contributed by atoms with E-state index in [0.717, 1.165) is 54.8 Å². The van der Waals surface area contributed by atoms with Crippen LogP contribution in [0.15, 0.2) is 11.6 Å². The van der Waals surface area contributed by atoms with Crippen molar-refractivity contribution in [2.24, 2.45) is 46.3 Å². The van der Waals surface area contributed by atoms with Crippen LogP contribution in [0.3, 0.4) is 0 Å². The molecule has 5 aliphatic rings. The van der Waals surface area contributed by atoms with Gasteiger partial charge in [-0.05, 0) is 146 Å². The molecule has 45 heavy (non-hydrogen) atoms. The van der Waals surface area contributed by atoms with Gasteiger partial charge in [-0.2, -0.15) is 0 Å². The minimum Gasteiger partial charge on any atom is -0.446 e. The highest BCUT2D eigenvalue weighted by Gasteiger charge is 2.59. The van der Waals surface area contributed by atoms with E-state index in [1.54, 1.807) is 5.57 Å². The molecule has 0 N–H and O–H groups in total. The summed E-state index contributed by atoms with van der Waals surface area (Å²) in [5.41, 5.74) is 1.30. The number of ether oxygens (including phenoxy) is 1. The molecule has 8 atom stereocenters. The zero-order valence-corrected chi connectivity index (χ0v) is 31.1. The zero-order valence-electron chi connectivity index (χ0n) is 31.1. The summed E-state index contributed by atoms with van der Waals surface area (Å²) in [5, 5.41) is 14.3. The van der Waals surface area contributed by atoms with Crippen LogP contribution in [0.1, 0.15) is 160 Å². The van der Waals surface area contributed by atoms with Gasteiger partial charge in [-0.1, -0.05) is 65.5 Å². The van der Waals surface area contributed by atoms with E-state index in [0.29, 0.717) is 18.3 Å². The van der Waals surface area contributed by atoms with Gasteiger partial charge in [0, 0.05) is 29.6 Å². The van der Waals surface area contributed by atoms with Crippen LogP contribution in [0, 0.1) is 46.3 Å². The number of hydrogen-bond acceptors (Lipinski definition) is 3. The van der Waals surface area contributed by atoms with E-state index < -0.39 is 11.1 Å². The Kier molecular flexibility index (Phi) is 9.99. The predicted molar refractivity (Wildman–Crippen MR) is 184 cm³/mol. The van der Waals surface area contributed by atoms with Gasteiger partial charge in [0.25, 0.3) is 0 Å². The normalized spacial score (nSPS) is 38.7. The Balaban J connectivity index is 1.24. The van der Waals surface area contributed by atoms with Crippen LogP contribution in [-0.2, 0) is 9.94 Å². The summed E-state index contributed by atoms with van der Waals surface area (Å²) in [6.45, 7) is 24.8. The number of amides is 1. The maximum absolute atomic E-state index is 13.9. The second-order valence-corrected chi connectivity index (χ2v) is 19.0. The first-order chi connectivity index (χ1) is 20.9. The monoisotopic (exact) mass is 626 g/mol. The lowest BCUT2D eigenvalue weighted by Gasteiger charge is -2.58. The number of piperidine rings is 1. The topological polar surface area (TPSA) is 52.7 Å². The molecule has 0 aromatic carbocycles. The van der Waals surface area contributed by atoms with Gasteiger partial charge in [0.2, 0.25) is 0 Å². The fourth-order valence-electron chi connectivity index (χ4n) is 12.1. The molecule has 1 saturated heterocycles. The van der Waals surface area contributed by atoms with Crippen molar-refractivity contribution in [3.63, 3.8) is 0 Å². The largest absolute Gasteiger partial charge is 0.446 e. The molecule has 1 radical (unpaired) electrons. The first kappa shape index (κ1) is 35.2. The lowest BCUT2D eigenvalue weighted by atomic mass is 9.47. The number of fused-ring (bicyclic) bond motifs is 5. The molecule has 3 saturated carbocycles. The average Bonchev–Trinajstić information content (AvgIpc) is 3.28. The summed E-state index contributed by atoms with van der Waals surface area (Å²) in [7, 11) is 0. The Labute approximate surface area is 277 Å². The predicted octanol–water partition coefficient (Wildman–Crippen LogP) is 10.6. The first-order valence-corrected chi connectivity index (χ1v) is 19.1. The number of allylic oxidation sites excluding steroid dienone is 1. The summed E-state index contributed by atoms with van der Waals surface area (Å²) in [6, 6.07) is 0.0291. The number of rotatable bonds is 8. The van der Waals surface area contributed by atoms with Crippen LogP contribution in [0.2, 0.25) is 0 Å². The van der Waals surface area contributed by atoms with Crippen molar-refractivity contribution in [1.82, 2.24) is 9.96 Å². The van der Waals surface area contributed by atoms with E-state index in [9.17, 15) is 10.0 Å². The molecular formula is C40H69N2O3. The van der Waals surface area contributed by atoms with Crippen molar-refractivity contribution in [3.05, 3.63) is 11.6 Å². The quantitative estimate of drug-likeness (QED) is 0.252. The van der Waals surface area contributed by atoms with Gasteiger partial charge in [0.15, 0.2) is 0 Å². The van der Waals surface area contributed by atoms with E-state index in [-0.39, 0.29) is 29.7 Å². The Hall–Kier alpha value is -1.07. The van der Waals surface area contributed by atoms with Gasteiger partial charge in [-0.15, -0.1) is 10.3 Å². The summed E-state index contributed by atoms with van der Waals surface area (Å²) in [5.74, 6) is 5.02. The van der Waals surface area contributed by atoms with Crippen molar-refractivity contribution in [2.45, 2.75) is 189 Å². The van der Waals surface area contributed by atoms with Crippen LogP contribution >= 0.6 is 0 Å². The highest BCUT2D eigenvalue weighted by molar-refractivity contribution is 5.69. The second-order valence-electron chi connectivity index (χ2n) is 19.0. The van der Waals surface area contributed by atoms with E-state index in [4.69, 9.17) is 4.74 Å². The number of nitrogens with zero attached hydrogens (tertiary/aromatic N) is 2. The Bertz CT molecular complexity index is 1080. The maximum atomic E-state index is 13.9. The van der Waals surface area contributed by atoms with E-state index >= 15 is 0 Å². The fraction of sp³-hybridized carbons (Fsp3) is 0.925. The summed E-state index contributed by atoms with van der Waals surface area (Å²) >= 11 is 0. The summed E-state index contributed by atoms with van der Waals surface area (Å²) in [6.07, 6.45) is 17.7. The third-order valence-electron chi connectivity index (χ3n) is 14.3. The number of carbonyl (C=O) groups is 1. The molecule has 4 fully saturated rings. The molecule has 5 rings (SSSR count). The molecule has 1 heterocycles. The van der Waals surface area contributed by atoms with Crippen LogP contribution < -0.4 is 0 Å². The lowest BCUT2D eigenvalue weighted by molar-refractivity contribution is -0.294. The molecule has 5 nitrogen and oxygen atoms in total. The Morgan fingerprint density at radius 1 is 0.911 bits per heavy atom. The Morgan fingerprint density at radius 3 is 2.20 bits per heavy atom. The molecule has 1 unspecified atom stereocenters. The van der Waals surface area contributed by atoms with Crippen molar-refractivity contribution >= 4 is 6.09 Å². The van der Waals surface area contributed by atoms with Crippen LogP contribution in [-0.4, -0.2) is 45.3 Å². The van der Waals surface area contributed by atoms with Gasteiger partial charge in [-0.3, -0.25) is 0 Å². The first-order valence-electron chi connectivity index (χ1n) is 19.1. The van der Waals surface area contributed by atoms with Crippen molar-refractivity contribution < 1.29 is 14.7 Å². The molecular weight excluding hydrogens is 556 g/mol. The van der Waals surface area contributed by atoms with Crippen LogP contribution in [0.25, 0.3) is 0 Å². The van der Waals surface area contributed by atoms with Gasteiger partial charge in [0.1, 0.15) is 6.10 Å². The highest BCUT2D eigenvalue weighted by Crippen LogP contribution is 2.67. The third-order valence-corrected chi connectivity index (χ3v) is 14.3. The summed E-state index contributed by atoms with van der Waals surface area (Å²) in [4.78, 5) is 15.8. The molecule has 4 aliphatic carbocycles. The molecule has 1 aliphatic heterocycles. The van der Waals surface area contributed by atoms with Crippen LogP contribution in [0.5, 0.6) is 0 Å². The minimum absolute atomic E-state index is 0.000854. The SMILES string of the molecule is CC(C)CCC[C@@H](C)[C@H]1CC[C@H]2[C@@H]3CC=C4CC(OC(=O)N(C(C)C)C5CC(C)(C)N([O])C(C)(C)C5)CC[C@]4(C)[C@H]3CC[C@]12C. The number of hydrogen-bond donors (Lipinski definition) is 0. The van der Waals surface area contributed by atoms with Crippen molar-refractivity contribution in [1.29, 1.82) is 0 Å². The van der Waals surface area contributed by atoms with Crippen LogP contribution in [0.4, 0.5) is 4.79 Å². The van der Waals surface area contributed by atoms with Crippen molar-refractivity contribution in [2.75, 3.05) is 0 Å². The van der Waals surface area contributed by atoms with Gasteiger partial charge < -0.3 is 9.64 Å². The molecule has 0 aromatic rings. The molecule has 0 spiro atoms. The van der Waals surface area contributed by atoms with E-state index in [2.05, 4.69) is 54.5 Å². The van der Waals surface area contributed by atoms with Crippen molar-refractivity contribution in [3.8, 4) is 0 Å². The molecule has 257 valence electrons. The number of hydroxylamine groups is 2. The lowest BCUT2D eigenvalue weighted by Crippen LogP contribution is -2.64. The molecule has 0 aromatic heterocycles. The van der Waals surface area contributed by atoms with E-state index in [1.807, 2.05) is 32.6 Å². The van der Waals surface area contributed by atoms with Gasteiger partial charge in [-0.25, -0.2) is 4.79 Å². The average molecular weight is 626 g/mol. The minimum atomic E-state index is -0.517.